The summed E-state index contributed by atoms with van der Waals surface area (Å²) in [5, 5.41) is 33.2. The Kier molecular flexibility index (Phi) is 52.1. The van der Waals surface area contributed by atoms with Gasteiger partial charge in [0.05, 0.1) is 165 Å². The number of carbonyl (C=O) groups is 2. The van der Waals surface area contributed by atoms with E-state index in [9.17, 15) is 9.59 Å². The Bertz CT molecular complexity index is 710. The predicted molar refractivity (Wildman–Crippen MR) is 184 cm³/mol. The molecule has 18 heteroatoms. The number of methoxy groups -OCH3 is 1. The minimum atomic E-state index is -1.26. The molecular weight excluding hydrogens is 684 g/mol. The number of aliphatic hydroxyl groups is 2. The molecule has 51 heavy (non-hydrogen) atoms. The number of aliphatic carboxylic acids is 2. The second-order valence-corrected chi connectivity index (χ2v) is 9.53. The van der Waals surface area contributed by atoms with Crippen molar-refractivity contribution in [1.29, 1.82) is 0 Å². The van der Waals surface area contributed by atoms with Crippen LogP contribution >= 0.6 is 0 Å². The molecule has 0 saturated heterocycles. The number of hydrogen-bond donors (Lipinski definition) is 4. The molecule has 1 atom stereocenters. The average molecular weight is 749 g/mol. The van der Waals surface area contributed by atoms with E-state index in [0.29, 0.717) is 164 Å². The van der Waals surface area contributed by atoms with Crippen molar-refractivity contribution >= 4 is 11.9 Å². The Morgan fingerprint density at radius 2 is 0.745 bits per heavy atom. The number of aliphatic hydroxyl groups excluding tert-OH is 2. The fraction of sp³-hybridized carbons (Fsp3) is 0.818. The molecule has 0 heterocycles. The largest absolute Gasteiger partial charge is 0.478 e. The maximum Gasteiger partial charge on any atom is 0.328 e. The molecule has 0 aromatic heterocycles. The topological polar surface area (TPSA) is 226 Å². The number of carboxylic acid groups (broad SMARTS) is 2. The monoisotopic (exact) mass is 748 g/mol. The Hall–Kier alpha value is -2.14. The molecule has 0 radical (unpaired) electrons. The lowest BCUT2D eigenvalue weighted by Crippen LogP contribution is -2.16. The van der Waals surface area contributed by atoms with Gasteiger partial charge in [-0.1, -0.05) is 6.08 Å². The molecule has 0 aliphatic heterocycles. The summed E-state index contributed by atoms with van der Waals surface area (Å²) < 4.78 is 63.4. The minimum Gasteiger partial charge on any atom is -0.478 e. The van der Waals surface area contributed by atoms with Gasteiger partial charge in [-0.15, -0.1) is 6.58 Å². The summed E-state index contributed by atoms with van der Waals surface area (Å²) in [6, 6.07) is 0. The summed E-state index contributed by atoms with van der Waals surface area (Å²) in [5.41, 5.74) is 0. The standard InChI is InChI=1S/C25H52O13.C4H4O4.C4H8O/c1-25(27)24-38-23-22-37-21-20-36-19-18-35-17-16-34-15-14-33-13-12-32-11-10-31-9-8-30-7-6-29-5-4-28-3-2-26;5-3(6)1-2-4(7)8;1-3-4-5-2/h25-27H,2-24H2,1H3;1-2H,(H,5,6)(H,7,8);3H,1,4H2,2H3. The summed E-state index contributed by atoms with van der Waals surface area (Å²) >= 11 is 0. The van der Waals surface area contributed by atoms with E-state index in [1.165, 1.54) is 0 Å². The van der Waals surface area contributed by atoms with Crippen molar-refractivity contribution < 1.29 is 86.9 Å². The SMILES string of the molecule is C=CCOC.CC(O)COCCOCCOCCOCCOCCOCCOCCOCCOCCOCCOCCO.O=C(O)C=CC(=O)O. The molecule has 1 unspecified atom stereocenters. The van der Waals surface area contributed by atoms with Crippen molar-refractivity contribution in [2.45, 2.75) is 13.0 Å². The first-order chi connectivity index (χ1) is 24.8. The molecule has 0 amide bonds. The third-order valence-corrected chi connectivity index (χ3v) is 4.97. The van der Waals surface area contributed by atoms with E-state index in [1.807, 2.05) is 0 Å². The highest BCUT2D eigenvalue weighted by Crippen LogP contribution is 1.87. The highest BCUT2D eigenvalue weighted by Gasteiger charge is 1.97. The van der Waals surface area contributed by atoms with E-state index in [-0.39, 0.29) is 6.61 Å². The van der Waals surface area contributed by atoms with E-state index >= 15 is 0 Å². The van der Waals surface area contributed by atoms with Crippen LogP contribution in [0.5, 0.6) is 0 Å². The van der Waals surface area contributed by atoms with Crippen LogP contribution < -0.4 is 0 Å². The van der Waals surface area contributed by atoms with Gasteiger partial charge in [-0.05, 0) is 6.92 Å². The van der Waals surface area contributed by atoms with E-state index in [2.05, 4.69) is 11.3 Å². The molecule has 0 fully saturated rings. The van der Waals surface area contributed by atoms with Gasteiger partial charge in [-0.25, -0.2) is 9.59 Å². The molecular formula is C33H64O18. The molecule has 18 nitrogen and oxygen atoms in total. The number of hydrogen-bond acceptors (Lipinski definition) is 16. The van der Waals surface area contributed by atoms with Crippen molar-refractivity contribution in [2.75, 3.05) is 166 Å². The third-order valence-electron chi connectivity index (χ3n) is 4.97. The molecule has 0 aromatic rings. The van der Waals surface area contributed by atoms with Gasteiger partial charge in [0.15, 0.2) is 0 Å². The van der Waals surface area contributed by atoms with E-state index in [0.717, 1.165) is 0 Å². The summed E-state index contributed by atoms with van der Waals surface area (Å²) in [7, 11) is 1.64. The van der Waals surface area contributed by atoms with Crippen LogP contribution in [-0.2, 0) is 66.4 Å². The molecule has 304 valence electrons. The fourth-order valence-corrected chi connectivity index (χ4v) is 2.78. The molecule has 0 bridgehead atoms. The van der Waals surface area contributed by atoms with E-state index < -0.39 is 18.0 Å². The van der Waals surface area contributed by atoms with Crippen molar-refractivity contribution in [3.8, 4) is 0 Å². The zero-order chi connectivity index (χ0) is 38.3. The van der Waals surface area contributed by atoms with Gasteiger partial charge in [0.1, 0.15) is 0 Å². The van der Waals surface area contributed by atoms with E-state index in [1.54, 1.807) is 20.1 Å². The van der Waals surface area contributed by atoms with Crippen LogP contribution in [0.4, 0.5) is 0 Å². The Morgan fingerprint density at radius 3 is 0.902 bits per heavy atom. The van der Waals surface area contributed by atoms with Crippen LogP contribution in [0.1, 0.15) is 6.92 Å². The van der Waals surface area contributed by atoms with Crippen molar-refractivity contribution in [1.82, 2.24) is 0 Å². The summed E-state index contributed by atoms with van der Waals surface area (Å²) in [4.78, 5) is 19.1. The summed E-state index contributed by atoms with van der Waals surface area (Å²) in [6.07, 6.45) is 2.37. The second-order valence-electron chi connectivity index (χ2n) is 9.53. The zero-order valence-corrected chi connectivity index (χ0v) is 30.5. The summed E-state index contributed by atoms with van der Waals surface area (Å²) in [6.45, 7) is 16.4. The highest BCUT2D eigenvalue weighted by molar-refractivity contribution is 5.89. The Morgan fingerprint density at radius 1 is 0.510 bits per heavy atom. The molecule has 4 N–H and O–H groups in total. The molecule has 0 saturated carbocycles. The van der Waals surface area contributed by atoms with Crippen molar-refractivity contribution in [3.05, 3.63) is 24.8 Å². The van der Waals surface area contributed by atoms with Gasteiger partial charge in [0.2, 0.25) is 0 Å². The first kappa shape index (κ1) is 53.2. The second kappa shape index (κ2) is 50.0. The lowest BCUT2D eigenvalue weighted by atomic mass is 10.4. The Balaban J connectivity index is -0.00000149. The van der Waals surface area contributed by atoms with E-state index in [4.69, 9.17) is 72.5 Å². The van der Waals surface area contributed by atoms with Gasteiger partial charge >= 0.3 is 11.9 Å². The van der Waals surface area contributed by atoms with Gasteiger partial charge < -0.3 is 77.3 Å². The van der Waals surface area contributed by atoms with Crippen LogP contribution in [0, 0.1) is 0 Å². The smallest absolute Gasteiger partial charge is 0.328 e. The normalized spacial score (nSPS) is 11.5. The molecule has 0 spiro atoms. The minimum absolute atomic E-state index is 0.0250. The maximum atomic E-state index is 9.55. The summed E-state index contributed by atoms with van der Waals surface area (Å²) in [5.74, 6) is -2.51. The average Bonchev–Trinajstić information content (AvgIpc) is 3.10. The van der Waals surface area contributed by atoms with Crippen molar-refractivity contribution in [2.24, 2.45) is 0 Å². The third kappa shape index (κ3) is 63.4. The van der Waals surface area contributed by atoms with Crippen LogP contribution in [0.2, 0.25) is 0 Å². The zero-order valence-electron chi connectivity index (χ0n) is 30.5. The van der Waals surface area contributed by atoms with Crippen LogP contribution in [0.25, 0.3) is 0 Å². The molecule has 0 aromatic carbocycles. The predicted octanol–water partition coefficient (Wildman–Crippen LogP) is 0.0727. The van der Waals surface area contributed by atoms with Crippen molar-refractivity contribution in [3.63, 3.8) is 0 Å². The molecule has 0 aliphatic carbocycles. The first-order valence-electron chi connectivity index (χ1n) is 16.7. The fourth-order valence-electron chi connectivity index (χ4n) is 2.78. The van der Waals surface area contributed by atoms with Gasteiger partial charge in [0, 0.05) is 19.3 Å². The van der Waals surface area contributed by atoms with Crippen LogP contribution in [0.3, 0.4) is 0 Å². The van der Waals surface area contributed by atoms with Crippen LogP contribution in [0.15, 0.2) is 24.8 Å². The van der Waals surface area contributed by atoms with Gasteiger partial charge in [0.25, 0.3) is 0 Å². The maximum absolute atomic E-state index is 9.55. The highest BCUT2D eigenvalue weighted by atomic mass is 16.6. The Labute approximate surface area is 302 Å². The quantitative estimate of drug-likeness (QED) is 0.0372. The van der Waals surface area contributed by atoms with Crippen LogP contribution in [-0.4, -0.2) is 204 Å². The lowest BCUT2D eigenvalue weighted by Gasteiger charge is -2.09. The number of rotatable bonds is 38. The lowest BCUT2D eigenvalue weighted by molar-refractivity contribution is -0.134. The van der Waals surface area contributed by atoms with Gasteiger partial charge in [-0.3, -0.25) is 0 Å². The first-order valence-corrected chi connectivity index (χ1v) is 16.7. The molecule has 0 rings (SSSR count). The van der Waals surface area contributed by atoms with Gasteiger partial charge in [-0.2, -0.15) is 0 Å². The number of carboxylic acids is 2. The molecule has 0 aliphatic rings. The number of ether oxygens (including phenoxy) is 12.